The highest BCUT2D eigenvalue weighted by Crippen LogP contribution is 2.26. The summed E-state index contributed by atoms with van der Waals surface area (Å²) in [6.45, 7) is 1.78. The van der Waals surface area contributed by atoms with Crippen LogP contribution in [0.2, 0.25) is 0 Å². The van der Waals surface area contributed by atoms with Crippen LogP contribution >= 0.6 is 0 Å². The van der Waals surface area contributed by atoms with Gasteiger partial charge in [-0.3, -0.25) is 9.69 Å². The lowest BCUT2D eigenvalue weighted by Gasteiger charge is -2.22. The summed E-state index contributed by atoms with van der Waals surface area (Å²) >= 11 is 0. The Morgan fingerprint density at radius 2 is 1.88 bits per heavy atom. The Kier molecular flexibility index (Phi) is 7.33. The van der Waals surface area contributed by atoms with Gasteiger partial charge in [-0.25, -0.2) is 13.4 Å². The van der Waals surface area contributed by atoms with Gasteiger partial charge in [0.05, 0.1) is 13.7 Å². The van der Waals surface area contributed by atoms with Crippen LogP contribution in [0.5, 0.6) is 5.75 Å². The molecule has 1 aliphatic rings. The molecule has 0 N–H and O–H groups in total. The van der Waals surface area contributed by atoms with Gasteiger partial charge in [-0.2, -0.15) is 0 Å². The number of sulfone groups is 1. The maximum atomic E-state index is 12.2. The molecule has 0 saturated carbocycles. The Morgan fingerprint density at radius 1 is 1.15 bits per heavy atom. The smallest absolute Gasteiger partial charge is 0.323 e. The molecule has 4 rings (SSSR count). The van der Waals surface area contributed by atoms with Gasteiger partial charge in [-0.05, 0) is 49.2 Å². The van der Waals surface area contributed by atoms with E-state index in [1.165, 1.54) is 7.11 Å². The lowest BCUT2D eigenvalue weighted by molar-refractivity contribution is -0.146. The van der Waals surface area contributed by atoms with Gasteiger partial charge in [0.15, 0.2) is 0 Å². The first-order valence-electron chi connectivity index (χ1n) is 11.1. The van der Waals surface area contributed by atoms with E-state index in [0.717, 1.165) is 31.2 Å². The quantitative estimate of drug-likeness (QED) is 0.426. The normalized spacial score (nSPS) is 16.5. The molecule has 0 spiro atoms. The summed E-state index contributed by atoms with van der Waals surface area (Å²) in [7, 11) is -2.15. The fraction of sp³-hybridized carbons (Fsp3) is 0.360. The van der Waals surface area contributed by atoms with Gasteiger partial charge >= 0.3 is 5.97 Å². The van der Waals surface area contributed by atoms with Crippen LogP contribution < -0.4 is 4.74 Å². The van der Waals surface area contributed by atoms with Crippen molar-refractivity contribution >= 4 is 15.8 Å². The van der Waals surface area contributed by atoms with E-state index in [2.05, 4.69) is 9.88 Å². The number of carbonyl (C=O) groups is 1. The minimum absolute atomic E-state index is 0.129. The predicted octanol–water partition coefficient (Wildman–Crippen LogP) is 3.50. The van der Waals surface area contributed by atoms with E-state index in [1.807, 2.05) is 54.6 Å². The molecule has 3 aromatic rings. The third kappa shape index (κ3) is 5.66. The van der Waals surface area contributed by atoms with Crippen molar-refractivity contribution in [3.8, 4) is 17.2 Å². The van der Waals surface area contributed by atoms with E-state index in [4.69, 9.17) is 13.9 Å². The van der Waals surface area contributed by atoms with Crippen LogP contribution in [0.3, 0.4) is 0 Å². The highest BCUT2D eigenvalue weighted by atomic mass is 32.2. The summed E-state index contributed by atoms with van der Waals surface area (Å²) in [5.74, 6) is 0.754. The van der Waals surface area contributed by atoms with Crippen LogP contribution in [0.1, 0.15) is 24.1 Å². The fourth-order valence-electron chi connectivity index (χ4n) is 4.10. The molecule has 180 valence electrons. The van der Waals surface area contributed by atoms with Crippen LogP contribution in [0.25, 0.3) is 11.5 Å². The fourth-order valence-corrected chi connectivity index (χ4v) is 4.91. The molecule has 2 heterocycles. The first-order chi connectivity index (χ1) is 16.3. The van der Waals surface area contributed by atoms with E-state index in [-0.39, 0.29) is 36.0 Å². The highest BCUT2D eigenvalue weighted by molar-refractivity contribution is 7.90. The van der Waals surface area contributed by atoms with Crippen molar-refractivity contribution < 1.29 is 27.1 Å². The van der Waals surface area contributed by atoms with Crippen molar-refractivity contribution in [1.82, 2.24) is 9.88 Å². The van der Waals surface area contributed by atoms with Gasteiger partial charge in [-0.15, -0.1) is 0 Å². The van der Waals surface area contributed by atoms with Crippen molar-refractivity contribution in [1.29, 1.82) is 0 Å². The number of rotatable bonds is 9. The summed E-state index contributed by atoms with van der Waals surface area (Å²) in [5, 5.41) is -0.129. The number of nitrogens with zero attached hydrogens (tertiary/aromatic N) is 2. The van der Waals surface area contributed by atoms with Crippen molar-refractivity contribution in [3.63, 3.8) is 0 Å². The van der Waals surface area contributed by atoms with Gasteiger partial charge in [0.25, 0.3) is 0 Å². The Labute approximate surface area is 199 Å². The van der Waals surface area contributed by atoms with Crippen LogP contribution in [0, 0.1) is 0 Å². The second-order valence-corrected chi connectivity index (χ2v) is 10.2. The van der Waals surface area contributed by atoms with Gasteiger partial charge in [0.2, 0.25) is 20.8 Å². The number of hydrogen-bond acceptors (Lipinski definition) is 8. The Balaban J connectivity index is 1.37. The molecule has 0 radical (unpaired) electrons. The Hall–Kier alpha value is -3.17. The second kappa shape index (κ2) is 10.4. The van der Waals surface area contributed by atoms with E-state index < -0.39 is 9.84 Å². The lowest BCUT2D eigenvalue weighted by atomic mass is 10.2. The average Bonchev–Trinajstić information content (AvgIpc) is 3.48. The molecular weight excluding hydrogens is 456 g/mol. The van der Waals surface area contributed by atoms with Crippen molar-refractivity contribution in [2.75, 3.05) is 26.5 Å². The van der Waals surface area contributed by atoms with Crippen molar-refractivity contribution in [2.24, 2.45) is 0 Å². The van der Waals surface area contributed by atoms with Crippen LogP contribution in [-0.2, 0) is 32.3 Å². The van der Waals surface area contributed by atoms with Gasteiger partial charge < -0.3 is 13.9 Å². The third-order valence-corrected chi connectivity index (χ3v) is 6.77. The molecule has 1 atom stereocenters. The van der Waals surface area contributed by atoms with E-state index in [1.54, 1.807) is 0 Å². The van der Waals surface area contributed by atoms with Gasteiger partial charge in [-0.1, -0.05) is 30.3 Å². The zero-order valence-electron chi connectivity index (χ0n) is 19.3. The molecular formula is C25H28N2O6S. The van der Waals surface area contributed by atoms with Crippen LogP contribution in [0.4, 0.5) is 0 Å². The first-order valence-corrected chi connectivity index (χ1v) is 13.0. The molecule has 0 aliphatic carbocycles. The second-order valence-electron chi connectivity index (χ2n) is 8.29. The number of esters is 1. The first kappa shape index (κ1) is 24.0. The van der Waals surface area contributed by atoms with E-state index in [0.29, 0.717) is 23.6 Å². The standard InChI is InChI=1S/C25H28N2O6S/c1-31-24(28)22-9-6-15-27(22)17-18-10-12-20(13-11-18)32-16-14-21-25(34(2,29)30)33-23(26-21)19-7-4-3-5-8-19/h3-5,7-8,10-13,22H,6,9,14-17H2,1-2H3. The molecule has 1 fully saturated rings. The zero-order chi connectivity index (χ0) is 24.1. The molecule has 34 heavy (non-hydrogen) atoms. The molecule has 1 saturated heterocycles. The highest BCUT2D eigenvalue weighted by Gasteiger charge is 2.31. The number of aromatic nitrogens is 1. The monoisotopic (exact) mass is 484 g/mol. The zero-order valence-corrected chi connectivity index (χ0v) is 20.1. The number of carbonyl (C=O) groups excluding carboxylic acids is 1. The van der Waals surface area contributed by atoms with E-state index in [9.17, 15) is 13.2 Å². The van der Waals surface area contributed by atoms with Crippen LogP contribution in [0.15, 0.2) is 64.1 Å². The lowest BCUT2D eigenvalue weighted by Crippen LogP contribution is -2.36. The topological polar surface area (TPSA) is 98.9 Å². The average molecular weight is 485 g/mol. The van der Waals surface area contributed by atoms with Gasteiger partial charge in [0.1, 0.15) is 17.5 Å². The Morgan fingerprint density at radius 3 is 2.56 bits per heavy atom. The maximum absolute atomic E-state index is 12.2. The predicted molar refractivity (Wildman–Crippen MR) is 126 cm³/mol. The molecule has 1 aliphatic heterocycles. The number of ether oxygens (including phenoxy) is 2. The van der Waals surface area contributed by atoms with E-state index >= 15 is 0 Å². The summed E-state index contributed by atoms with van der Waals surface area (Å²) in [6, 6.07) is 16.7. The molecule has 1 unspecified atom stereocenters. The SMILES string of the molecule is COC(=O)C1CCCN1Cc1ccc(OCCc2nc(-c3ccccc3)oc2S(C)(=O)=O)cc1. The Bertz CT molecular complexity index is 1220. The molecule has 8 nitrogen and oxygen atoms in total. The minimum atomic E-state index is -3.57. The minimum Gasteiger partial charge on any atom is -0.493 e. The molecule has 1 aromatic heterocycles. The summed E-state index contributed by atoms with van der Waals surface area (Å²) in [6.07, 6.45) is 3.19. The third-order valence-electron chi connectivity index (χ3n) is 5.77. The summed E-state index contributed by atoms with van der Waals surface area (Å²) in [5.41, 5.74) is 2.13. The molecule has 9 heteroatoms. The number of hydrogen-bond donors (Lipinski definition) is 0. The molecule has 0 amide bonds. The van der Waals surface area contributed by atoms with Crippen molar-refractivity contribution in [2.45, 2.75) is 36.9 Å². The van der Waals surface area contributed by atoms with Crippen molar-refractivity contribution in [3.05, 3.63) is 65.9 Å². The number of oxazole rings is 1. The molecule has 0 bridgehead atoms. The largest absolute Gasteiger partial charge is 0.493 e. The summed E-state index contributed by atoms with van der Waals surface area (Å²) in [4.78, 5) is 18.5. The van der Waals surface area contributed by atoms with Crippen LogP contribution in [-0.4, -0.2) is 56.8 Å². The molecule has 2 aromatic carbocycles. The maximum Gasteiger partial charge on any atom is 0.323 e. The van der Waals surface area contributed by atoms with Gasteiger partial charge in [0, 0.05) is 24.8 Å². The number of methoxy groups -OCH3 is 1. The number of benzene rings is 2. The summed E-state index contributed by atoms with van der Waals surface area (Å²) < 4.78 is 40.7. The number of likely N-dealkylation sites (tertiary alicyclic amines) is 1.